The summed E-state index contributed by atoms with van der Waals surface area (Å²) in [6.45, 7) is 0. The smallest absolute Gasteiger partial charge is 0.526 e. The average Bonchev–Trinajstić information content (AvgIpc) is 2.72. The third-order valence-electron chi connectivity index (χ3n) is 3.52. The van der Waals surface area contributed by atoms with Crippen LogP contribution in [0.4, 0.5) is 0 Å². The van der Waals surface area contributed by atoms with E-state index in [1.54, 1.807) is 12.1 Å². The molecule has 9 heteroatoms. The number of rotatable bonds is 8. The fraction of sp³-hybridized carbons (Fsp3) is 0.222. The Kier molecular flexibility index (Phi) is 6.93. The maximum atomic E-state index is 11.6. The van der Waals surface area contributed by atoms with Gasteiger partial charge in [-0.2, -0.15) is 0 Å². The highest BCUT2D eigenvalue weighted by Crippen LogP contribution is 2.27. The number of esters is 2. The molecule has 27 heavy (non-hydrogen) atoms. The molecule has 0 spiro atoms. The summed E-state index contributed by atoms with van der Waals surface area (Å²) >= 11 is 0. The van der Waals surface area contributed by atoms with Gasteiger partial charge < -0.3 is 28.3 Å². The molecule has 0 fully saturated rings. The van der Waals surface area contributed by atoms with E-state index < -0.39 is 11.9 Å². The second kappa shape index (κ2) is 9.37. The first-order valence-corrected chi connectivity index (χ1v) is 7.71. The van der Waals surface area contributed by atoms with Crippen LogP contribution in [0, 0.1) is 0 Å². The Bertz CT molecular complexity index is 754. The molecule has 0 saturated heterocycles. The summed E-state index contributed by atoms with van der Waals surface area (Å²) in [6.07, 6.45) is 0. The molecule has 2 rings (SSSR count). The minimum Gasteiger partial charge on any atom is -0.526 e. The van der Waals surface area contributed by atoms with E-state index >= 15 is 0 Å². The van der Waals surface area contributed by atoms with Crippen LogP contribution in [0.1, 0.15) is 20.7 Å². The van der Waals surface area contributed by atoms with Crippen LogP contribution in [0.15, 0.2) is 36.4 Å². The number of benzene rings is 2. The van der Waals surface area contributed by atoms with Crippen molar-refractivity contribution in [3.05, 3.63) is 47.5 Å². The minimum atomic E-state index is -0.517. The van der Waals surface area contributed by atoms with E-state index in [0.717, 1.165) is 7.69 Å². The van der Waals surface area contributed by atoms with Crippen molar-refractivity contribution in [2.75, 3.05) is 28.4 Å². The van der Waals surface area contributed by atoms with E-state index in [9.17, 15) is 9.59 Å². The molecule has 2 aromatic carbocycles. The molecule has 0 aliphatic heterocycles. The fourth-order valence-corrected chi connectivity index (χ4v) is 2.18. The van der Waals surface area contributed by atoms with Crippen LogP contribution in [0.3, 0.4) is 0 Å². The summed E-state index contributed by atoms with van der Waals surface area (Å²) in [4.78, 5) is 23.3. The van der Waals surface area contributed by atoms with Gasteiger partial charge in [0.2, 0.25) is 0 Å². The first-order valence-electron chi connectivity index (χ1n) is 7.71. The lowest BCUT2D eigenvalue weighted by Gasteiger charge is -2.12. The standard InChI is InChI=1S/C18H18BO8/c1-22-15-9-11(5-7-13(15)17(20)24-3)26-19-27-12-6-8-14(18(21)25-4)16(10-12)23-2/h5-10H,1-4H3. The summed E-state index contributed by atoms with van der Waals surface area (Å²) in [5.74, 6) is 0.344. The summed E-state index contributed by atoms with van der Waals surface area (Å²) in [5, 5.41) is 0. The number of methoxy groups -OCH3 is 4. The molecule has 0 bridgehead atoms. The van der Waals surface area contributed by atoms with Crippen LogP contribution in [0.25, 0.3) is 0 Å². The predicted octanol–water partition coefficient (Wildman–Crippen LogP) is 2.27. The highest BCUT2D eigenvalue weighted by Gasteiger charge is 2.16. The van der Waals surface area contributed by atoms with Crippen LogP contribution in [0.5, 0.6) is 23.0 Å². The molecular weight excluding hydrogens is 355 g/mol. The first kappa shape index (κ1) is 20.0. The molecule has 0 aromatic heterocycles. The van der Waals surface area contributed by atoms with Crippen molar-refractivity contribution in [2.24, 2.45) is 0 Å². The number of carbonyl (C=O) groups is 2. The van der Waals surface area contributed by atoms with Crippen LogP contribution in [0.2, 0.25) is 0 Å². The monoisotopic (exact) mass is 373 g/mol. The predicted molar refractivity (Wildman–Crippen MR) is 95.7 cm³/mol. The van der Waals surface area contributed by atoms with Gasteiger partial charge in [-0.3, -0.25) is 0 Å². The van der Waals surface area contributed by atoms with E-state index in [1.165, 1.54) is 52.7 Å². The Morgan fingerprint density at radius 2 is 1.11 bits per heavy atom. The maximum Gasteiger partial charge on any atom is 0.658 e. The largest absolute Gasteiger partial charge is 0.658 e. The van der Waals surface area contributed by atoms with Gasteiger partial charge >= 0.3 is 19.6 Å². The molecule has 0 aliphatic rings. The van der Waals surface area contributed by atoms with E-state index in [4.69, 9.17) is 18.8 Å². The Morgan fingerprint density at radius 3 is 1.44 bits per heavy atom. The van der Waals surface area contributed by atoms with Crippen LogP contribution >= 0.6 is 0 Å². The maximum absolute atomic E-state index is 11.6. The highest BCUT2D eigenvalue weighted by atomic mass is 16.6. The van der Waals surface area contributed by atoms with E-state index in [-0.39, 0.29) is 11.1 Å². The molecule has 0 aliphatic carbocycles. The van der Waals surface area contributed by atoms with Crippen molar-refractivity contribution in [1.29, 1.82) is 0 Å². The van der Waals surface area contributed by atoms with Gasteiger partial charge in [-0.1, -0.05) is 0 Å². The van der Waals surface area contributed by atoms with Crippen molar-refractivity contribution in [3.63, 3.8) is 0 Å². The topological polar surface area (TPSA) is 89.5 Å². The summed E-state index contributed by atoms with van der Waals surface area (Å²) in [6, 6.07) is 9.20. The summed E-state index contributed by atoms with van der Waals surface area (Å²) in [5.41, 5.74) is 0.549. The highest BCUT2D eigenvalue weighted by molar-refractivity contribution is 6.20. The average molecular weight is 373 g/mol. The second-order valence-electron chi connectivity index (χ2n) is 5.04. The zero-order chi connectivity index (χ0) is 19.8. The van der Waals surface area contributed by atoms with Crippen LogP contribution in [-0.4, -0.2) is 48.1 Å². The van der Waals surface area contributed by atoms with Gasteiger partial charge in [0, 0.05) is 12.1 Å². The van der Waals surface area contributed by atoms with E-state index in [1.807, 2.05) is 0 Å². The minimum absolute atomic E-state index is 0.274. The summed E-state index contributed by atoms with van der Waals surface area (Å²) < 4.78 is 30.4. The lowest BCUT2D eigenvalue weighted by atomic mass is 10.1. The van der Waals surface area contributed by atoms with Crippen molar-refractivity contribution < 1.29 is 37.8 Å². The van der Waals surface area contributed by atoms with Gasteiger partial charge in [-0.05, 0) is 24.3 Å². The zero-order valence-corrected chi connectivity index (χ0v) is 15.3. The SMILES string of the molecule is COC(=O)c1ccc(O[B]Oc2ccc(C(=O)OC)c(OC)c2)cc1OC. The third kappa shape index (κ3) is 4.84. The summed E-state index contributed by atoms with van der Waals surface area (Å²) in [7, 11) is 6.53. The van der Waals surface area contributed by atoms with Gasteiger partial charge in [0.15, 0.2) is 0 Å². The second-order valence-corrected chi connectivity index (χ2v) is 5.04. The number of carbonyl (C=O) groups excluding carboxylic acids is 2. The van der Waals surface area contributed by atoms with Crippen molar-refractivity contribution in [3.8, 4) is 23.0 Å². The molecule has 2 aromatic rings. The van der Waals surface area contributed by atoms with Gasteiger partial charge in [0.25, 0.3) is 0 Å². The molecule has 0 saturated carbocycles. The molecule has 8 nitrogen and oxygen atoms in total. The molecule has 0 heterocycles. The van der Waals surface area contributed by atoms with Gasteiger partial charge in [-0.25, -0.2) is 9.59 Å². The molecule has 0 atom stereocenters. The normalized spacial score (nSPS) is 9.78. The Balaban J connectivity index is 2.04. The molecule has 0 unspecified atom stereocenters. The molecular formula is C18H18BO8. The van der Waals surface area contributed by atoms with Gasteiger partial charge in [0.1, 0.15) is 34.1 Å². The molecule has 0 amide bonds. The molecule has 0 N–H and O–H groups in total. The van der Waals surface area contributed by atoms with Gasteiger partial charge in [0.05, 0.1) is 28.4 Å². The van der Waals surface area contributed by atoms with Crippen LogP contribution < -0.4 is 18.8 Å². The van der Waals surface area contributed by atoms with E-state index in [0.29, 0.717) is 23.0 Å². The van der Waals surface area contributed by atoms with Crippen molar-refractivity contribution >= 4 is 19.6 Å². The van der Waals surface area contributed by atoms with E-state index in [2.05, 4.69) is 9.47 Å². The zero-order valence-electron chi connectivity index (χ0n) is 15.3. The lowest BCUT2D eigenvalue weighted by Crippen LogP contribution is -2.12. The number of hydrogen-bond acceptors (Lipinski definition) is 8. The number of ether oxygens (including phenoxy) is 4. The first-order chi connectivity index (χ1) is 13.0. The Hall–Kier alpha value is -3.36. The van der Waals surface area contributed by atoms with Crippen molar-refractivity contribution in [2.45, 2.75) is 0 Å². The molecule has 141 valence electrons. The molecule has 1 radical (unpaired) electrons. The Morgan fingerprint density at radius 1 is 0.704 bits per heavy atom. The Labute approximate surface area is 157 Å². The third-order valence-corrected chi connectivity index (χ3v) is 3.52. The fourth-order valence-electron chi connectivity index (χ4n) is 2.18. The van der Waals surface area contributed by atoms with Crippen molar-refractivity contribution in [1.82, 2.24) is 0 Å². The quantitative estimate of drug-likeness (QED) is 0.514. The number of hydrogen-bond donors (Lipinski definition) is 0. The van der Waals surface area contributed by atoms with Crippen LogP contribution in [-0.2, 0) is 9.47 Å². The lowest BCUT2D eigenvalue weighted by molar-refractivity contribution is 0.0588. The van der Waals surface area contributed by atoms with Gasteiger partial charge in [-0.15, -0.1) is 0 Å².